The number of fused-ring (bicyclic) bond motifs is 1. The van der Waals surface area contributed by atoms with Crippen LogP contribution in [0.5, 0.6) is 0 Å². The standard InChI is InChI=1S/C12H17N5/c1-16-5-3-9(8-16)6-10-7-12-14-4-2-11(13)17(12)15-10/h2,4,7,9H,3,5-6,8,13H2,1H3. The van der Waals surface area contributed by atoms with E-state index in [2.05, 4.69) is 22.0 Å². The van der Waals surface area contributed by atoms with Crippen LogP contribution in [0.15, 0.2) is 18.3 Å². The predicted octanol–water partition coefficient (Wildman–Crippen LogP) is 0.806. The SMILES string of the molecule is CN1CCC(Cc2cc3nccc(N)n3n2)C1. The van der Waals surface area contributed by atoms with E-state index in [9.17, 15) is 0 Å². The predicted molar refractivity (Wildman–Crippen MR) is 66.7 cm³/mol. The first-order valence-corrected chi connectivity index (χ1v) is 6.00. The molecule has 1 unspecified atom stereocenters. The molecule has 5 heteroatoms. The highest BCUT2D eigenvalue weighted by molar-refractivity contribution is 5.46. The second-order valence-corrected chi connectivity index (χ2v) is 4.90. The Morgan fingerprint density at radius 3 is 3.12 bits per heavy atom. The highest BCUT2D eigenvalue weighted by atomic mass is 15.3. The Labute approximate surface area is 100 Å². The molecule has 1 saturated heterocycles. The first-order chi connectivity index (χ1) is 8.22. The average molecular weight is 231 g/mol. The second kappa shape index (κ2) is 4.00. The van der Waals surface area contributed by atoms with Gasteiger partial charge in [-0.1, -0.05) is 0 Å². The van der Waals surface area contributed by atoms with Crippen LogP contribution in [0.25, 0.3) is 5.65 Å². The Morgan fingerprint density at radius 2 is 2.41 bits per heavy atom. The van der Waals surface area contributed by atoms with Gasteiger partial charge in [0.25, 0.3) is 0 Å². The van der Waals surface area contributed by atoms with Gasteiger partial charge in [0, 0.05) is 18.8 Å². The van der Waals surface area contributed by atoms with Gasteiger partial charge < -0.3 is 10.6 Å². The molecule has 3 rings (SSSR count). The number of likely N-dealkylation sites (tertiary alicyclic amines) is 1. The van der Waals surface area contributed by atoms with Gasteiger partial charge in [-0.25, -0.2) is 4.98 Å². The molecule has 0 aromatic carbocycles. The summed E-state index contributed by atoms with van der Waals surface area (Å²) in [6, 6.07) is 3.81. The fourth-order valence-electron chi connectivity index (χ4n) is 2.55. The molecular formula is C12H17N5. The van der Waals surface area contributed by atoms with Crippen molar-refractivity contribution in [1.29, 1.82) is 0 Å². The van der Waals surface area contributed by atoms with Crippen LogP contribution in [0.3, 0.4) is 0 Å². The lowest BCUT2D eigenvalue weighted by Crippen LogP contribution is -2.15. The van der Waals surface area contributed by atoms with Crippen molar-refractivity contribution in [3.63, 3.8) is 0 Å². The molecule has 0 bridgehead atoms. The molecule has 90 valence electrons. The summed E-state index contributed by atoms with van der Waals surface area (Å²) in [6.45, 7) is 2.36. The van der Waals surface area contributed by atoms with Gasteiger partial charge in [-0.3, -0.25) is 0 Å². The minimum absolute atomic E-state index is 0.643. The highest BCUT2D eigenvalue weighted by Gasteiger charge is 2.20. The van der Waals surface area contributed by atoms with Crippen LogP contribution in [-0.2, 0) is 6.42 Å². The van der Waals surface area contributed by atoms with Crippen molar-refractivity contribution in [2.24, 2.45) is 5.92 Å². The number of hydrogen-bond acceptors (Lipinski definition) is 4. The fourth-order valence-corrected chi connectivity index (χ4v) is 2.55. The Balaban J connectivity index is 1.84. The summed E-state index contributed by atoms with van der Waals surface area (Å²) in [5.74, 6) is 1.36. The van der Waals surface area contributed by atoms with Crippen molar-refractivity contribution >= 4 is 11.5 Å². The van der Waals surface area contributed by atoms with E-state index >= 15 is 0 Å². The van der Waals surface area contributed by atoms with Crippen LogP contribution in [0, 0.1) is 5.92 Å². The largest absolute Gasteiger partial charge is 0.384 e. The topological polar surface area (TPSA) is 59.5 Å². The van der Waals surface area contributed by atoms with Crippen LogP contribution >= 0.6 is 0 Å². The minimum Gasteiger partial charge on any atom is -0.384 e. The van der Waals surface area contributed by atoms with Crippen LogP contribution in [0.2, 0.25) is 0 Å². The molecule has 2 N–H and O–H groups in total. The summed E-state index contributed by atoms with van der Waals surface area (Å²) in [5, 5.41) is 4.51. The minimum atomic E-state index is 0.643. The lowest BCUT2D eigenvalue weighted by molar-refractivity contribution is 0.393. The normalized spacial score (nSPS) is 21.4. The maximum Gasteiger partial charge on any atom is 0.157 e. The van der Waals surface area contributed by atoms with Crippen LogP contribution in [0.1, 0.15) is 12.1 Å². The van der Waals surface area contributed by atoms with Gasteiger partial charge in [0.15, 0.2) is 5.65 Å². The first kappa shape index (κ1) is 10.5. The Bertz CT molecular complexity index is 533. The van der Waals surface area contributed by atoms with Crippen molar-refractivity contribution in [2.75, 3.05) is 25.9 Å². The summed E-state index contributed by atoms with van der Waals surface area (Å²) in [4.78, 5) is 6.63. The molecular weight excluding hydrogens is 214 g/mol. The molecule has 1 fully saturated rings. The number of hydrogen-bond donors (Lipinski definition) is 1. The lowest BCUT2D eigenvalue weighted by atomic mass is 10.0. The summed E-state index contributed by atoms with van der Waals surface area (Å²) >= 11 is 0. The zero-order chi connectivity index (χ0) is 11.8. The van der Waals surface area contributed by atoms with E-state index in [1.807, 2.05) is 6.07 Å². The zero-order valence-corrected chi connectivity index (χ0v) is 10.0. The molecule has 0 amide bonds. The summed E-state index contributed by atoms with van der Waals surface area (Å²) < 4.78 is 1.72. The molecule has 5 nitrogen and oxygen atoms in total. The smallest absolute Gasteiger partial charge is 0.157 e. The molecule has 0 aliphatic carbocycles. The number of aromatic nitrogens is 3. The maximum atomic E-state index is 5.85. The van der Waals surface area contributed by atoms with E-state index < -0.39 is 0 Å². The molecule has 0 saturated carbocycles. The van der Waals surface area contributed by atoms with Gasteiger partial charge in [0.2, 0.25) is 0 Å². The highest BCUT2D eigenvalue weighted by Crippen LogP contribution is 2.19. The Kier molecular flexibility index (Phi) is 2.48. The van der Waals surface area contributed by atoms with Gasteiger partial charge in [-0.15, -0.1) is 0 Å². The first-order valence-electron chi connectivity index (χ1n) is 6.00. The van der Waals surface area contributed by atoms with E-state index in [0.29, 0.717) is 11.7 Å². The summed E-state index contributed by atoms with van der Waals surface area (Å²) in [5.41, 5.74) is 7.78. The van der Waals surface area contributed by atoms with Crippen molar-refractivity contribution in [1.82, 2.24) is 19.5 Å². The molecule has 17 heavy (non-hydrogen) atoms. The Morgan fingerprint density at radius 1 is 1.53 bits per heavy atom. The molecule has 1 atom stereocenters. The van der Waals surface area contributed by atoms with Gasteiger partial charge >= 0.3 is 0 Å². The number of nitrogens with two attached hydrogens (primary N) is 1. The van der Waals surface area contributed by atoms with Crippen molar-refractivity contribution in [3.05, 3.63) is 24.0 Å². The lowest BCUT2D eigenvalue weighted by Gasteiger charge is -2.07. The molecule has 0 spiro atoms. The van der Waals surface area contributed by atoms with Gasteiger partial charge in [0.05, 0.1) is 5.69 Å². The van der Waals surface area contributed by atoms with E-state index in [1.54, 1.807) is 16.8 Å². The molecule has 1 aliphatic rings. The molecule has 1 aliphatic heterocycles. The fraction of sp³-hybridized carbons (Fsp3) is 0.500. The molecule has 0 radical (unpaired) electrons. The quantitative estimate of drug-likeness (QED) is 0.830. The average Bonchev–Trinajstić information content (AvgIpc) is 2.86. The van der Waals surface area contributed by atoms with Crippen molar-refractivity contribution in [3.8, 4) is 0 Å². The van der Waals surface area contributed by atoms with E-state index in [4.69, 9.17) is 5.73 Å². The van der Waals surface area contributed by atoms with E-state index in [0.717, 1.165) is 24.3 Å². The molecule has 3 heterocycles. The summed E-state index contributed by atoms with van der Waals surface area (Å²) in [6.07, 6.45) is 4.00. The van der Waals surface area contributed by atoms with Crippen molar-refractivity contribution < 1.29 is 0 Å². The van der Waals surface area contributed by atoms with Gasteiger partial charge in [0.1, 0.15) is 5.82 Å². The van der Waals surface area contributed by atoms with Crippen LogP contribution < -0.4 is 5.73 Å². The van der Waals surface area contributed by atoms with Crippen LogP contribution in [-0.4, -0.2) is 39.6 Å². The van der Waals surface area contributed by atoms with E-state index in [1.165, 1.54) is 13.0 Å². The van der Waals surface area contributed by atoms with E-state index in [-0.39, 0.29) is 0 Å². The Hall–Kier alpha value is -1.62. The monoisotopic (exact) mass is 231 g/mol. The molecule has 2 aromatic heterocycles. The van der Waals surface area contributed by atoms with Crippen molar-refractivity contribution in [2.45, 2.75) is 12.8 Å². The van der Waals surface area contributed by atoms with Gasteiger partial charge in [-0.05, 0) is 38.4 Å². The zero-order valence-electron chi connectivity index (χ0n) is 10.0. The maximum absolute atomic E-state index is 5.85. The summed E-state index contributed by atoms with van der Waals surface area (Å²) in [7, 11) is 2.17. The number of nitrogens with zero attached hydrogens (tertiary/aromatic N) is 4. The second-order valence-electron chi connectivity index (χ2n) is 4.90. The number of anilines is 1. The third kappa shape index (κ3) is 1.98. The molecule has 2 aromatic rings. The van der Waals surface area contributed by atoms with Gasteiger partial charge in [-0.2, -0.15) is 9.61 Å². The third-order valence-electron chi connectivity index (χ3n) is 3.42. The number of nitrogen functional groups attached to an aromatic ring is 1. The third-order valence-corrected chi connectivity index (χ3v) is 3.42. The van der Waals surface area contributed by atoms with Crippen LogP contribution in [0.4, 0.5) is 5.82 Å². The number of rotatable bonds is 2.